The first-order valence-corrected chi connectivity index (χ1v) is 5.36. The van der Waals surface area contributed by atoms with Crippen molar-refractivity contribution in [2.75, 3.05) is 5.73 Å². The molecule has 0 atom stereocenters. The van der Waals surface area contributed by atoms with Crippen molar-refractivity contribution in [1.29, 1.82) is 0 Å². The third-order valence-electron chi connectivity index (χ3n) is 2.26. The Balaban J connectivity index is 1.97. The first-order valence-electron chi connectivity index (χ1n) is 4.98. The van der Waals surface area contributed by atoms with Crippen LogP contribution in [0.3, 0.4) is 0 Å². The normalized spacial score (nSPS) is 10.2. The zero-order valence-corrected chi connectivity index (χ0v) is 9.66. The van der Waals surface area contributed by atoms with Gasteiger partial charge < -0.3 is 11.1 Å². The predicted molar refractivity (Wildman–Crippen MR) is 65.6 cm³/mol. The topological polar surface area (TPSA) is 83.8 Å². The van der Waals surface area contributed by atoms with Crippen LogP contribution < -0.4 is 11.1 Å². The predicted octanol–water partition coefficient (Wildman–Crippen LogP) is 1.58. The van der Waals surface area contributed by atoms with E-state index < -0.39 is 0 Å². The standard InChI is InChI=1S/C11H11ClN4O/c12-8-3-1-7(2-4-8)5-14-11(17)10-9(13)6-15-16-10/h1-4,6H,5,13H2,(H,14,17)(H,15,16). The molecule has 17 heavy (non-hydrogen) atoms. The fourth-order valence-corrected chi connectivity index (χ4v) is 1.48. The number of rotatable bonds is 3. The van der Waals surface area contributed by atoms with Gasteiger partial charge in [0.05, 0.1) is 11.9 Å². The molecule has 0 unspecified atom stereocenters. The molecule has 0 saturated carbocycles. The number of anilines is 1. The molecule has 0 bridgehead atoms. The number of aromatic amines is 1. The van der Waals surface area contributed by atoms with Crippen molar-refractivity contribution in [3.63, 3.8) is 0 Å². The Morgan fingerprint density at radius 3 is 2.71 bits per heavy atom. The summed E-state index contributed by atoms with van der Waals surface area (Å²) in [7, 11) is 0. The molecule has 4 N–H and O–H groups in total. The van der Waals surface area contributed by atoms with Crippen LogP contribution in [0.2, 0.25) is 5.02 Å². The van der Waals surface area contributed by atoms with Gasteiger partial charge in [0.15, 0.2) is 0 Å². The number of carbonyl (C=O) groups is 1. The Labute approximate surface area is 103 Å². The van der Waals surface area contributed by atoms with Gasteiger partial charge >= 0.3 is 0 Å². The number of benzene rings is 1. The average molecular weight is 251 g/mol. The minimum Gasteiger partial charge on any atom is -0.396 e. The van der Waals surface area contributed by atoms with Gasteiger partial charge in [-0.25, -0.2) is 0 Å². The Kier molecular flexibility index (Phi) is 3.30. The molecular formula is C11H11ClN4O. The van der Waals surface area contributed by atoms with Crippen LogP contribution in [0.25, 0.3) is 0 Å². The highest BCUT2D eigenvalue weighted by Gasteiger charge is 2.10. The first-order chi connectivity index (χ1) is 8.16. The number of aromatic nitrogens is 2. The van der Waals surface area contributed by atoms with Crippen molar-refractivity contribution in [3.05, 3.63) is 46.7 Å². The molecule has 0 aliphatic rings. The molecule has 1 aromatic carbocycles. The molecular weight excluding hydrogens is 240 g/mol. The summed E-state index contributed by atoms with van der Waals surface area (Å²) in [5.41, 5.74) is 7.13. The van der Waals surface area contributed by atoms with Gasteiger partial charge in [0.25, 0.3) is 5.91 Å². The SMILES string of the molecule is Nc1cn[nH]c1C(=O)NCc1ccc(Cl)cc1. The number of carbonyl (C=O) groups excluding carboxylic acids is 1. The zero-order valence-electron chi connectivity index (χ0n) is 8.90. The van der Waals surface area contributed by atoms with Crippen LogP contribution in [0.15, 0.2) is 30.5 Å². The van der Waals surface area contributed by atoms with E-state index in [-0.39, 0.29) is 11.6 Å². The van der Waals surface area contributed by atoms with E-state index in [1.165, 1.54) is 6.20 Å². The molecule has 1 amide bonds. The summed E-state index contributed by atoms with van der Waals surface area (Å²) in [6, 6.07) is 7.24. The second-order valence-electron chi connectivity index (χ2n) is 3.51. The molecule has 2 aromatic rings. The summed E-state index contributed by atoms with van der Waals surface area (Å²) in [5.74, 6) is -0.282. The lowest BCUT2D eigenvalue weighted by molar-refractivity contribution is 0.0947. The molecule has 0 spiro atoms. The number of amides is 1. The van der Waals surface area contributed by atoms with Gasteiger partial charge in [-0.3, -0.25) is 9.89 Å². The monoisotopic (exact) mass is 250 g/mol. The number of hydrogen-bond acceptors (Lipinski definition) is 3. The Morgan fingerprint density at radius 2 is 2.12 bits per heavy atom. The van der Waals surface area contributed by atoms with Crippen LogP contribution in [0.5, 0.6) is 0 Å². The second-order valence-corrected chi connectivity index (χ2v) is 3.95. The largest absolute Gasteiger partial charge is 0.396 e. The van der Waals surface area contributed by atoms with E-state index in [1.54, 1.807) is 12.1 Å². The molecule has 2 rings (SSSR count). The van der Waals surface area contributed by atoms with Gasteiger partial charge in [0.1, 0.15) is 5.69 Å². The lowest BCUT2D eigenvalue weighted by Crippen LogP contribution is -2.24. The second kappa shape index (κ2) is 4.88. The van der Waals surface area contributed by atoms with Gasteiger partial charge in [0.2, 0.25) is 0 Å². The third-order valence-corrected chi connectivity index (χ3v) is 2.51. The molecule has 1 heterocycles. The lowest BCUT2D eigenvalue weighted by atomic mass is 10.2. The van der Waals surface area contributed by atoms with Crippen LogP contribution in [-0.2, 0) is 6.54 Å². The fraction of sp³-hybridized carbons (Fsp3) is 0.0909. The highest BCUT2D eigenvalue weighted by Crippen LogP contribution is 2.10. The average Bonchev–Trinajstić information content (AvgIpc) is 2.74. The van der Waals surface area contributed by atoms with Crippen molar-refractivity contribution in [2.45, 2.75) is 6.54 Å². The lowest BCUT2D eigenvalue weighted by Gasteiger charge is -2.04. The van der Waals surface area contributed by atoms with Gasteiger partial charge in [-0.05, 0) is 17.7 Å². The maximum absolute atomic E-state index is 11.7. The number of halogens is 1. The molecule has 88 valence electrons. The summed E-state index contributed by atoms with van der Waals surface area (Å²) < 4.78 is 0. The minimum absolute atomic E-state index is 0.277. The Morgan fingerprint density at radius 1 is 1.41 bits per heavy atom. The van der Waals surface area contributed by atoms with E-state index in [9.17, 15) is 4.79 Å². The highest BCUT2D eigenvalue weighted by molar-refractivity contribution is 6.30. The van der Waals surface area contributed by atoms with E-state index in [1.807, 2.05) is 12.1 Å². The summed E-state index contributed by atoms with van der Waals surface area (Å²) in [4.78, 5) is 11.7. The molecule has 5 nitrogen and oxygen atoms in total. The van der Waals surface area contributed by atoms with E-state index >= 15 is 0 Å². The molecule has 0 aliphatic heterocycles. The van der Waals surface area contributed by atoms with Gasteiger partial charge in [-0.2, -0.15) is 5.10 Å². The number of nitrogens with zero attached hydrogens (tertiary/aromatic N) is 1. The third kappa shape index (κ3) is 2.76. The van der Waals surface area contributed by atoms with E-state index in [0.29, 0.717) is 17.3 Å². The first kappa shape index (κ1) is 11.5. The van der Waals surface area contributed by atoms with Crippen molar-refractivity contribution in [2.24, 2.45) is 0 Å². The van der Waals surface area contributed by atoms with Crippen molar-refractivity contribution in [3.8, 4) is 0 Å². The van der Waals surface area contributed by atoms with Crippen LogP contribution in [0.4, 0.5) is 5.69 Å². The Bertz CT molecular complexity index is 521. The van der Waals surface area contributed by atoms with E-state index in [2.05, 4.69) is 15.5 Å². The fourth-order valence-electron chi connectivity index (χ4n) is 1.35. The smallest absolute Gasteiger partial charge is 0.271 e. The highest BCUT2D eigenvalue weighted by atomic mass is 35.5. The molecule has 0 aliphatic carbocycles. The summed E-state index contributed by atoms with van der Waals surface area (Å²) in [5, 5.41) is 9.62. The van der Waals surface area contributed by atoms with Crippen LogP contribution in [0.1, 0.15) is 16.1 Å². The zero-order chi connectivity index (χ0) is 12.3. The summed E-state index contributed by atoms with van der Waals surface area (Å²) in [6.45, 7) is 0.411. The molecule has 0 fully saturated rings. The molecule has 6 heteroatoms. The van der Waals surface area contributed by atoms with Crippen molar-refractivity contribution < 1.29 is 4.79 Å². The van der Waals surface area contributed by atoms with E-state index in [0.717, 1.165) is 5.56 Å². The van der Waals surface area contributed by atoms with Crippen molar-refractivity contribution in [1.82, 2.24) is 15.5 Å². The van der Waals surface area contributed by atoms with Crippen LogP contribution in [0, 0.1) is 0 Å². The van der Waals surface area contributed by atoms with Crippen LogP contribution >= 0.6 is 11.6 Å². The maximum atomic E-state index is 11.7. The number of nitrogens with one attached hydrogen (secondary N) is 2. The van der Waals surface area contributed by atoms with E-state index in [4.69, 9.17) is 17.3 Å². The minimum atomic E-state index is -0.282. The van der Waals surface area contributed by atoms with Crippen LogP contribution in [-0.4, -0.2) is 16.1 Å². The molecule has 1 aromatic heterocycles. The maximum Gasteiger partial charge on any atom is 0.271 e. The quantitative estimate of drug-likeness (QED) is 0.773. The number of hydrogen-bond donors (Lipinski definition) is 3. The van der Waals surface area contributed by atoms with Gasteiger partial charge in [0, 0.05) is 11.6 Å². The Hall–Kier alpha value is -2.01. The number of nitrogens with two attached hydrogens (primary N) is 1. The number of nitrogen functional groups attached to an aromatic ring is 1. The molecule has 0 radical (unpaired) electrons. The summed E-state index contributed by atoms with van der Waals surface area (Å²) in [6.07, 6.45) is 1.40. The van der Waals surface area contributed by atoms with Crippen molar-refractivity contribution >= 4 is 23.2 Å². The number of H-pyrrole nitrogens is 1. The van der Waals surface area contributed by atoms with Gasteiger partial charge in [-0.1, -0.05) is 23.7 Å². The molecule has 0 saturated heterocycles. The summed E-state index contributed by atoms with van der Waals surface area (Å²) >= 11 is 5.76. The van der Waals surface area contributed by atoms with Gasteiger partial charge in [-0.15, -0.1) is 0 Å².